The number of unbranched alkanes of at least 4 members (excludes halogenated alkanes) is 1. The van der Waals surface area contributed by atoms with Crippen LogP contribution in [0.4, 0.5) is 0 Å². The number of carbonyl (C=O) groups excluding carboxylic acids is 1. The number of rotatable bonds is 11. The van der Waals surface area contributed by atoms with E-state index in [1.165, 1.54) is 4.90 Å². The molecule has 7 heteroatoms. The Morgan fingerprint density at radius 1 is 1.12 bits per heavy atom. The summed E-state index contributed by atoms with van der Waals surface area (Å²) >= 11 is 6.39. The van der Waals surface area contributed by atoms with E-state index in [2.05, 4.69) is 11.9 Å². The summed E-state index contributed by atoms with van der Waals surface area (Å²) < 4.78 is 2.04. The van der Waals surface area contributed by atoms with E-state index in [-0.39, 0.29) is 18.7 Å². The Labute approximate surface area is 199 Å². The van der Waals surface area contributed by atoms with Gasteiger partial charge in [-0.15, -0.1) is 0 Å². The van der Waals surface area contributed by atoms with Gasteiger partial charge in [0, 0.05) is 36.8 Å². The summed E-state index contributed by atoms with van der Waals surface area (Å²) in [4.78, 5) is 31.0. The molecule has 1 aromatic heterocycles. The molecule has 0 bridgehead atoms. The number of carboxylic acid groups (broad SMARTS) is 1. The zero-order valence-electron chi connectivity index (χ0n) is 19.1. The Morgan fingerprint density at radius 2 is 1.82 bits per heavy atom. The Bertz CT molecular complexity index is 1080. The quantitative estimate of drug-likeness (QED) is 0.446. The number of hydrogen-bond donors (Lipinski definition) is 1. The Hall–Kier alpha value is -3.12. The van der Waals surface area contributed by atoms with Crippen molar-refractivity contribution in [2.75, 3.05) is 7.05 Å². The van der Waals surface area contributed by atoms with Crippen LogP contribution < -0.4 is 0 Å². The van der Waals surface area contributed by atoms with Gasteiger partial charge in [-0.3, -0.25) is 4.79 Å². The summed E-state index contributed by atoms with van der Waals surface area (Å²) in [5, 5.41) is 10.4. The summed E-state index contributed by atoms with van der Waals surface area (Å²) in [5.41, 5.74) is 2.57. The van der Waals surface area contributed by atoms with Crippen molar-refractivity contribution in [2.24, 2.45) is 0 Å². The first-order valence-corrected chi connectivity index (χ1v) is 11.6. The Morgan fingerprint density at radius 3 is 2.48 bits per heavy atom. The van der Waals surface area contributed by atoms with Crippen LogP contribution in [0.2, 0.25) is 5.02 Å². The lowest BCUT2D eigenvalue weighted by Gasteiger charge is -2.25. The molecule has 33 heavy (non-hydrogen) atoms. The molecule has 2 aromatic carbocycles. The molecular formula is C26H30ClN3O3. The number of hydrogen-bond acceptors (Lipinski definition) is 3. The fraction of sp³-hybridized carbons (Fsp3) is 0.346. The first-order valence-electron chi connectivity index (χ1n) is 11.2. The Balaban J connectivity index is 1.81. The Kier molecular flexibility index (Phi) is 8.66. The lowest BCUT2D eigenvalue weighted by molar-refractivity contribution is -0.148. The van der Waals surface area contributed by atoms with Gasteiger partial charge in [0.15, 0.2) is 0 Å². The fourth-order valence-corrected chi connectivity index (χ4v) is 4.00. The van der Waals surface area contributed by atoms with Crippen LogP contribution in [0.1, 0.15) is 42.4 Å². The molecule has 3 aromatic rings. The van der Waals surface area contributed by atoms with Crippen LogP contribution in [-0.4, -0.2) is 44.5 Å². The molecule has 6 nitrogen and oxygen atoms in total. The number of amides is 1. The minimum absolute atomic E-state index is 0.0681. The number of aliphatic carboxylic acids is 1. The van der Waals surface area contributed by atoms with Gasteiger partial charge in [0.1, 0.15) is 11.9 Å². The summed E-state index contributed by atoms with van der Waals surface area (Å²) in [6.07, 6.45) is 4.87. The molecule has 1 heterocycles. The number of benzene rings is 2. The van der Waals surface area contributed by atoms with Crippen LogP contribution in [0.3, 0.4) is 0 Å². The van der Waals surface area contributed by atoms with Crippen molar-refractivity contribution in [1.82, 2.24) is 14.5 Å². The number of aryl methyl sites for hydroxylation is 1. The predicted molar refractivity (Wildman–Crippen MR) is 129 cm³/mol. The van der Waals surface area contributed by atoms with Crippen LogP contribution in [0.15, 0.2) is 60.8 Å². The number of nitrogens with zero attached hydrogens (tertiary/aromatic N) is 3. The highest BCUT2D eigenvalue weighted by Gasteiger charge is 2.27. The van der Waals surface area contributed by atoms with E-state index in [0.29, 0.717) is 11.6 Å². The standard InChI is InChI=1S/C26H30ClN3O3/c1-3-4-14-24-28-17-21(30(24)18-20-12-8-9-13-22(20)27)16-25(31)29(2)23(26(32)33)15-19-10-6-5-7-11-19/h5-13,17,23H,3-4,14-16,18H2,1-2H3,(H,32,33)/t23-/m0/s1. The average Bonchev–Trinajstić information content (AvgIpc) is 3.18. The van der Waals surface area contributed by atoms with Crippen molar-refractivity contribution in [2.45, 2.75) is 51.6 Å². The van der Waals surface area contributed by atoms with Gasteiger partial charge < -0.3 is 14.6 Å². The number of halogens is 1. The molecule has 0 saturated heterocycles. The van der Waals surface area contributed by atoms with E-state index in [0.717, 1.165) is 41.9 Å². The number of carboxylic acids is 1. The van der Waals surface area contributed by atoms with Crippen molar-refractivity contribution in [3.63, 3.8) is 0 Å². The van der Waals surface area contributed by atoms with Crippen LogP contribution in [0, 0.1) is 0 Å². The van der Waals surface area contributed by atoms with E-state index in [4.69, 9.17) is 11.6 Å². The minimum atomic E-state index is -1.03. The molecule has 1 atom stereocenters. The highest BCUT2D eigenvalue weighted by molar-refractivity contribution is 6.31. The summed E-state index contributed by atoms with van der Waals surface area (Å²) in [6.45, 7) is 2.64. The van der Waals surface area contributed by atoms with Gasteiger partial charge in [-0.25, -0.2) is 9.78 Å². The topological polar surface area (TPSA) is 75.4 Å². The highest BCUT2D eigenvalue weighted by Crippen LogP contribution is 2.20. The second-order valence-corrected chi connectivity index (χ2v) is 8.58. The maximum Gasteiger partial charge on any atom is 0.326 e. The first-order chi connectivity index (χ1) is 15.9. The lowest BCUT2D eigenvalue weighted by Crippen LogP contribution is -2.44. The van der Waals surface area contributed by atoms with Crippen LogP contribution >= 0.6 is 11.6 Å². The zero-order valence-corrected chi connectivity index (χ0v) is 19.8. The predicted octanol–water partition coefficient (Wildman–Crippen LogP) is 4.62. The molecule has 174 valence electrons. The first kappa shape index (κ1) is 24.5. The van der Waals surface area contributed by atoms with Crippen molar-refractivity contribution >= 4 is 23.5 Å². The van der Waals surface area contributed by atoms with Crippen LogP contribution in [0.25, 0.3) is 0 Å². The SMILES string of the molecule is CCCCc1ncc(CC(=O)N(C)[C@@H](Cc2ccccc2)C(=O)O)n1Cc1ccccc1Cl. The molecule has 1 N–H and O–H groups in total. The van der Waals surface area contributed by atoms with Crippen molar-refractivity contribution in [3.05, 3.63) is 88.5 Å². The molecule has 0 aliphatic heterocycles. The van der Waals surface area contributed by atoms with Gasteiger partial charge in [-0.05, 0) is 23.6 Å². The van der Waals surface area contributed by atoms with E-state index >= 15 is 0 Å². The van der Waals surface area contributed by atoms with Crippen LogP contribution in [0.5, 0.6) is 0 Å². The summed E-state index contributed by atoms with van der Waals surface area (Å²) in [5.74, 6) is -0.384. The third-order valence-electron chi connectivity index (χ3n) is 5.81. The van der Waals surface area contributed by atoms with Gasteiger partial charge in [-0.2, -0.15) is 0 Å². The maximum absolute atomic E-state index is 13.1. The van der Waals surface area contributed by atoms with Gasteiger partial charge in [0.25, 0.3) is 0 Å². The molecule has 3 rings (SSSR count). The molecule has 0 aliphatic rings. The second kappa shape index (κ2) is 11.7. The lowest BCUT2D eigenvalue weighted by atomic mass is 10.0. The number of imidazole rings is 1. The van der Waals surface area contributed by atoms with Gasteiger partial charge in [0.2, 0.25) is 5.91 Å². The maximum atomic E-state index is 13.1. The molecule has 0 aliphatic carbocycles. The third kappa shape index (κ3) is 6.45. The monoisotopic (exact) mass is 467 g/mol. The zero-order chi connectivity index (χ0) is 23.8. The van der Waals surface area contributed by atoms with Crippen LogP contribution in [-0.2, 0) is 35.4 Å². The molecule has 0 spiro atoms. The molecule has 0 unspecified atom stereocenters. The molecule has 1 amide bonds. The third-order valence-corrected chi connectivity index (χ3v) is 6.18. The van der Waals surface area contributed by atoms with E-state index in [9.17, 15) is 14.7 Å². The summed E-state index contributed by atoms with van der Waals surface area (Å²) in [6, 6.07) is 16.0. The van der Waals surface area contributed by atoms with Gasteiger partial charge in [0.05, 0.1) is 13.0 Å². The van der Waals surface area contributed by atoms with E-state index < -0.39 is 12.0 Å². The van der Waals surface area contributed by atoms with Crippen molar-refractivity contribution in [1.29, 1.82) is 0 Å². The van der Waals surface area contributed by atoms with Gasteiger partial charge >= 0.3 is 5.97 Å². The smallest absolute Gasteiger partial charge is 0.326 e. The van der Waals surface area contributed by atoms with Gasteiger partial charge in [-0.1, -0.05) is 73.5 Å². The van der Waals surface area contributed by atoms with Crippen molar-refractivity contribution in [3.8, 4) is 0 Å². The van der Waals surface area contributed by atoms with Crippen molar-refractivity contribution < 1.29 is 14.7 Å². The molecule has 0 fully saturated rings. The largest absolute Gasteiger partial charge is 0.480 e. The molecule has 0 saturated carbocycles. The average molecular weight is 468 g/mol. The molecular weight excluding hydrogens is 438 g/mol. The van der Waals surface area contributed by atoms with E-state index in [1.54, 1.807) is 13.2 Å². The molecule has 0 radical (unpaired) electrons. The summed E-state index contributed by atoms with van der Waals surface area (Å²) in [7, 11) is 1.55. The highest BCUT2D eigenvalue weighted by atomic mass is 35.5. The fourth-order valence-electron chi connectivity index (χ4n) is 3.80. The minimum Gasteiger partial charge on any atom is -0.480 e. The number of aromatic nitrogens is 2. The normalized spacial score (nSPS) is 11.8. The second-order valence-electron chi connectivity index (χ2n) is 8.17. The van der Waals surface area contributed by atoms with E-state index in [1.807, 2.05) is 59.2 Å². The number of likely N-dealkylation sites (N-methyl/N-ethyl adjacent to an activating group) is 1. The number of carbonyl (C=O) groups is 2.